The minimum atomic E-state index is -1.29. The van der Waals surface area contributed by atoms with E-state index in [1.807, 2.05) is 0 Å². The number of fused-ring (bicyclic) bond motifs is 1. The highest BCUT2D eigenvalue weighted by Crippen LogP contribution is 2.33. The fourth-order valence-corrected chi connectivity index (χ4v) is 6.19. The number of amides is 2. The summed E-state index contributed by atoms with van der Waals surface area (Å²) in [5.74, 6) is -2.19. The third kappa shape index (κ3) is 5.84. The van der Waals surface area contributed by atoms with Crippen LogP contribution in [0.25, 0.3) is 10.8 Å². The lowest BCUT2D eigenvalue weighted by molar-refractivity contribution is 0.0684. The molecule has 4 rings (SSSR count). The molecule has 0 radical (unpaired) electrons. The summed E-state index contributed by atoms with van der Waals surface area (Å²) in [5.41, 5.74) is -0.276. The number of hydrogen-bond acceptors (Lipinski definition) is 4. The van der Waals surface area contributed by atoms with Gasteiger partial charge in [-0.3, -0.25) is 9.59 Å². The van der Waals surface area contributed by atoms with Crippen molar-refractivity contribution in [1.82, 2.24) is 10.6 Å². The maximum atomic E-state index is 13.4. The number of carbonyl (C=O) groups is 4. The van der Waals surface area contributed by atoms with Crippen molar-refractivity contribution in [3.05, 3.63) is 46.5 Å². The van der Waals surface area contributed by atoms with E-state index in [9.17, 15) is 29.4 Å². The van der Waals surface area contributed by atoms with Gasteiger partial charge in [-0.2, -0.15) is 0 Å². The van der Waals surface area contributed by atoms with Crippen LogP contribution in [0, 0.1) is 11.8 Å². The van der Waals surface area contributed by atoms with E-state index in [0.717, 1.165) is 64.2 Å². The first-order valence-corrected chi connectivity index (χ1v) is 13.9. The van der Waals surface area contributed by atoms with Crippen LogP contribution >= 0.6 is 0 Å². The summed E-state index contributed by atoms with van der Waals surface area (Å²) < 4.78 is 0. The molecule has 0 atom stereocenters. The van der Waals surface area contributed by atoms with E-state index < -0.39 is 23.8 Å². The molecule has 2 saturated carbocycles. The molecule has 0 spiro atoms. The molecule has 2 aromatic carbocycles. The Hall–Kier alpha value is -3.42. The molecule has 2 amide bonds. The normalized spacial score (nSPS) is 23.5. The summed E-state index contributed by atoms with van der Waals surface area (Å²) in [4.78, 5) is 51.3. The lowest BCUT2D eigenvalue weighted by atomic mass is 9.84. The Labute approximate surface area is 223 Å². The smallest absolute Gasteiger partial charge is 0.336 e. The quantitative estimate of drug-likeness (QED) is 0.355. The number of hydrogen-bond donors (Lipinski definition) is 4. The van der Waals surface area contributed by atoms with Gasteiger partial charge >= 0.3 is 11.9 Å². The minimum Gasteiger partial charge on any atom is -0.478 e. The van der Waals surface area contributed by atoms with Crippen molar-refractivity contribution in [2.45, 2.75) is 90.1 Å². The molecule has 2 aliphatic carbocycles. The van der Waals surface area contributed by atoms with Crippen molar-refractivity contribution in [2.75, 3.05) is 0 Å². The Morgan fingerprint density at radius 1 is 0.605 bits per heavy atom. The van der Waals surface area contributed by atoms with Gasteiger partial charge in [0.05, 0.1) is 11.1 Å². The van der Waals surface area contributed by atoms with Crippen molar-refractivity contribution in [3.63, 3.8) is 0 Å². The first kappa shape index (κ1) is 27.6. The molecule has 8 heteroatoms. The maximum absolute atomic E-state index is 13.4. The van der Waals surface area contributed by atoms with Crippen LogP contribution in [0.5, 0.6) is 0 Å². The second kappa shape index (κ2) is 12.0. The standard InChI is InChI=1S/C30H38N2O6/c1-3-17-5-9-19(10-6-17)31-27(33)21-13-14-22(28(34)32-20-11-7-18(4-2)8-12-20)26-24(30(37)38)16-15-23(25(21)26)29(35)36/h13-20H,3-12H2,1-2H3,(H,31,33)(H,32,34)(H,35,36)(H,37,38)/t17-,18-,19-,20-. The molecule has 0 saturated heterocycles. The van der Waals surface area contributed by atoms with Gasteiger partial charge in [0.15, 0.2) is 0 Å². The van der Waals surface area contributed by atoms with Crippen LogP contribution in [0.15, 0.2) is 24.3 Å². The molecule has 2 fully saturated rings. The number of carboxylic acid groups (broad SMARTS) is 2. The molecule has 0 unspecified atom stereocenters. The molecule has 204 valence electrons. The van der Waals surface area contributed by atoms with Crippen molar-refractivity contribution in [2.24, 2.45) is 11.8 Å². The second-order valence-electron chi connectivity index (χ2n) is 10.9. The van der Waals surface area contributed by atoms with E-state index in [2.05, 4.69) is 24.5 Å². The summed E-state index contributed by atoms with van der Waals surface area (Å²) in [7, 11) is 0. The lowest BCUT2D eigenvalue weighted by Crippen LogP contribution is -2.38. The van der Waals surface area contributed by atoms with Crippen LogP contribution in [0.1, 0.15) is 119 Å². The van der Waals surface area contributed by atoms with Gasteiger partial charge in [-0.15, -0.1) is 0 Å². The largest absolute Gasteiger partial charge is 0.478 e. The highest BCUT2D eigenvalue weighted by Gasteiger charge is 2.29. The van der Waals surface area contributed by atoms with Crippen molar-refractivity contribution < 1.29 is 29.4 Å². The topological polar surface area (TPSA) is 133 Å². The number of aromatic carboxylic acids is 2. The average Bonchev–Trinajstić information content (AvgIpc) is 2.92. The van der Waals surface area contributed by atoms with Crippen LogP contribution in [0.4, 0.5) is 0 Å². The molecule has 0 aromatic heterocycles. The number of nitrogens with one attached hydrogen (secondary N) is 2. The number of carboxylic acids is 2. The number of rotatable bonds is 8. The van der Waals surface area contributed by atoms with E-state index >= 15 is 0 Å². The highest BCUT2D eigenvalue weighted by atomic mass is 16.4. The summed E-state index contributed by atoms with van der Waals surface area (Å²) in [6.45, 7) is 4.33. The molecular weight excluding hydrogens is 484 g/mol. The summed E-state index contributed by atoms with van der Waals surface area (Å²) in [6.07, 6.45) is 9.66. The third-order valence-corrected chi connectivity index (χ3v) is 8.63. The zero-order valence-electron chi connectivity index (χ0n) is 22.2. The van der Waals surface area contributed by atoms with Crippen LogP contribution < -0.4 is 10.6 Å². The molecule has 0 bridgehead atoms. The fourth-order valence-electron chi connectivity index (χ4n) is 6.19. The van der Waals surface area contributed by atoms with Crippen molar-refractivity contribution in [3.8, 4) is 0 Å². The molecule has 0 heterocycles. The fraction of sp³-hybridized carbons (Fsp3) is 0.533. The van der Waals surface area contributed by atoms with Crippen LogP contribution in [0.2, 0.25) is 0 Å². The van der Waals surface area contributed by atoms with E-state index in [0.29, 0.717) is 11.8 Å². The Morgan fingerprint density at radius 2 is 0.921 bits per heavy atom. The predicted octanol–water partition coefficient (Wildman–Crippen LogP) is 5.63. The highest BCUT2D eigenvalue weighted by molar-refractivity contribution is 6.23. The third-order valence-electron chi connectivity index (χ3n) is 8.63. The van der Waals surface area contributed by atoms with Gasteiger partial charge < -0.3 is 20.8 Å². The van der Waals surface area contributed by atoms with Crippen LogP contribution in [-0.2, 0) is 0 Å². The molecule has 4 N–H and O–H groups in total. The Kier molecular flexibility index (Phi) is 8.69. The first-order chi connectivity index (χ1) is 18.2. The number of carbonyl (C=O) groups excluding carboxylic acids is 2. The van der Waals surface area contributed by atoms with E-state index in [1.165, 1.54) is 24.3 Å². The van der Waals surface area contributed by atoms with Crippen molar-refractivity contribution in [1.29, 1.82) is 0 Å². The Bertz CT molecular complexity index is 1130. The number of benzene rings is 2. The van der Waals surface area contributed by atoms with E-state index in [-0.39, 0.29) is 45.1 Å². The Balaban J connectivity index is 1.72. The predicted molar refractivity (Wildman–Crippen MR) is 145 cm³/mol. The molecule has 0 aliphatic heterocycles. The Morgan fingerprint density at radius 3 is 1.21 bits per heavy atom. The van der Waals surface area contributed by atoms with Gasteiger partial charge in [0, 0.05) is 34.0 Å². The molecule has 38 heavy (non-hydrogen) atoms. The maximum Gasteiger partial charge on any atom is 0.336 e. The molecular formula is C30H38N2O6. The van der Waals surface area contributed by atoms with Gasteiger partial charge in [0.25, 0.3) is 11.8 Å². The minimum absolute atomic E-state index is 0.0144. The molecule has 8 nitrogen and oxygen atoms in total. The van der Waals surface area contributed by atoms with Crippen LogP contribution in [0.3, 0.4) is 0 Å². The van der Waals surface area contributed by atoms with E-state index in [4.69, 9.17) is 0 Å². The average molecular weight is 523 g/mol. The van der Waals surface area contributed by atoms with Gasteiger partial charge in [0.1, 0.15) is 0 Å². The summed E-state index contributed by atoms with van der Waals surface area (Å²) in [5, 5.41) is 25.9. The van der Waals surface area contributed by atoms with Gasteiger partial charge in [0.2, 0.25) is 0 Å². The summed E-state index contributed by atoms with van der Waals surface area (Å²) >= 11 is 0. The second-order valence-corrected chi connectivity index (χ2v) is 10.9. The molecule has 2 aliphatic rings. The molecule has 2 aromatic rings. The lowest BCUT2D eigenvalue weighted by Gasteiger charge is -2.29. The van der Waals surface area contributed by atoms with Gasteiger partial charge in [-0.05, 0) is 87.5 Å². The SMILES string of the molecule is CC[C@H]1CC[C@H](NC(=O)c2ccc(C(=O)N[C@H]3CC[C@H](CC)CC3)c3c(C(=O)O)ccc(C(=O)O)c23)CC1. The van der Waals surface area contributed by atoms with E-state index in [1.54, 1.807) is 0 Å². The van der Waals surface area contributed by atoms with Gasteiger partial charge in [-0.25, -0.2) is 9.59 Å². The van der Waals surface area contributed by atoms with Crippen molar-refractivity contribution >= 4 is 34.5 Å². The first-order valence-electron chi connectivity index (χ1n) is 13.9. The van der Waals surface area contributed by atoms with Gasteiger partial charge in [-0.1, -0.05) is 26.7 Å². The zero-order valence-corrected chi connectivity index (χ0v) is 22.2. The monoisotopic (exact) mass is 522 g/mol. The summed E-state index contributed by atoms with van der Waals surface area (Å²) in [6, 6.07) is 5.25. The van der Waals surface area contributed by atoms with Crippen LogP contribution in [-0.4, -0.2) is 46.0 Å². The zero-order chi connectivity index (χ0) is 27.4.